The molecule has 0 aromatic rings. The van der Waals surface area contributed by atoms with E-state index in [-0.39, 0.29) is 29.1 Å². The molecule has 1 aliphatic heterocycles. The van der Waals surface area contributed by atoms with Gasteiger partial charge in [-0.2, -0.15) is 0 Å². The number of ether oxygens (including phenoxy) is 1. The quantitative estimate of drug-likeness (QED) is 0.759. The first-order valence-electron chi connectivity index (χ1n) is 9.73. The van der Waals surface area contributed by atoms with Crippen molar-refractivity contribution in [2.45, 2.75) is 84.5 Å². The van der Waals surface area contributed by atoms with Gasteiger partial charge in [0.1, 0.15) is 5.78 Å². The summed E-state index contributed by atoms with van der Waals surface area (Å²) in [6, 6.07) is -0.0514. The lowest BCUT2D eigenvalue weighted by molar-refractivity contribution is -0.208. The Labute approximate surface area is 157 Å². The van der Waals surface area contributed by atoms with Gasteiger partial charge >= 0.3 is 0 Å². The maximum Gasteiger partial charge on any atom is 0.217 e. The van der Waals surface area contributed by atoms with Crippen LogP contribution in [0, 0.1) is 16.7 Å². The molecular formula is C22H33NO3. The standard InChI is InChI=1S/C22H33NO3/c1-8-20(5)13-15(25)18-21(6,26-20)12-9-16-19(3,4)11-10-17(22(16,18)7)23-14(2)24/h8-9,17-18H,1,10-13H2,2-7H3,(H,23,24)/t17?,18-,20-,21+,22+/m0/s1. The van der Waals surface area contributed by atoms with Crippen molar-refractivity contribution < 1.29 is 14.3 Å². The summed E-state index contributed by atoms with van der Waals surface area (Å²) in [5.74, 6) is -0.0792. The summed E-state index contributed by atoms with van der Waals surface area (Å²) in [5.41, 5.74) is -0.320. The molecule has 1 saturated carbocycles. The molecule has 0 radical (unpaired) electrons. The van der Waals surface area contributed by atoms with Gasteiger partial charge in [0.25, 0.3) is 0 Å². The molecule has 1 saturated heterocycles. The number of hydrogen-bond donors (Lipinski definition) is 1. The van der Waals surface area contributed by atoms with Crippen LogP contribution < -0.4 is 5.32 Å². The van der Waals surface area contributed by atoms with E-state index in [1.165, 1.54) is 5.57 Å². The maximum absolute atomic E-state index is 13.4. The fraction of sp³-hybridized carbons (Fsp3) is 0.727. The number of rotatable bonds is 2. The summed E-state index contributed by atoms with van der Waals surface area (Å²) in [6.07, 6.45) is 6.97. The molecule has 4 nitrogen and oxygen atoms in total. The van der Waals surface area contributed by atoms with Gasteiger partial charge in [-0.3, -0.25) is 9.59 Å². The van der Waals surface area contributed by atoms with Crippen LogP contribution in [0.5, 0.6) is 0 Å². The van der Waals surface area contributed by atoms with E-state index in [0.717, 1.165) is 12.8 Å². The number of amides is 1. The summed E-state index contributed by atoms with van der Waals surface area (Å²) in [5, 5.41) is 3.16. The predicted octanol–water partition coefficient (Wildman–Crippen LogP) is 3.96. The Morgan fingerprint density at radius 2 is 1.96 bits per heavy atom. The molecule has 0 bridgehead atoms. The number of Topliss-reactive ketones (excluding diaryl/α,β-unsaturated/α-hetero) is 1. The first kappa shape index (κ1) is 19.3. The molecule has 1 amide bonds. The van der Waals surface area contributed by atoms with Crippen LogP contribution in [-0.4, -0.2) is 28.9 Å². The van der Waals surface area contributed by atoms with Gasteiger partial charge in [0.2, 0.25) is 5.91 Å². The molecule has 3 aliphatic rings. The normalized spacial score (nSPS) is 44.4. The minimum Gasteiger partial charge on any atom is -0.363 e. The Balaban J connectivity index is 2.15. The Kier molecular flexibility index (Phi) is 4.31. The van der Waals surface area contributed by atoms with Crippen molar-refractivity contribution in [2.75, 3.05) is 0 Å². The summed E-state index contributed by atoms with van der Waals surface area (Å²) in [4.78, 5) is 25.3. The maximum atomic E-state index is 13.4. The Hall–Kier alpha value is -1.42. The van der Waals surface area contributed by atoms with Crippen LogP contribution in [0.1, 0.15) is 67.2 Å². The molecule has 1 N–H and O–H groups in total. The van der Waals surface area contributed by atoms with Gasteiger partial charge in [-0.15, -0.1) is 6.58 Å². The third-order valence-electron chi connectivity index (χ3n) is 7.14. The number of carbonyl (C=O) groups is 2. The van der Waals surface area contributed by atoms with Gasteiger partial charge < -0.3 is 10.1 Å². The highest BCUT2D eigenvalue weighted by Crippen LogP contribution is 2.62. The molecule has 1 unspecified atom stereocenters. The number of nitrogens with one attached hydrogen (secondary N) is 1. The highest BCUT2D eigenvalue weighted by molar-refractivity contribution is 5.86. The van der Waals surface area contributed by atoms with Crippen molar-refractivity contribution in [3.63, 3.8) is 0 Å². The number of carbonyl (C=O) groups excluding carboxylic acids is 2. The van der Waals surface area contributed by atoms with Crippen molar-refractivity contribution >= 4 is 11.7 Å². The van der Waals surface area contributed by atoms with Crippen LogP contribution in [0.15, 0.2) is 24.3 Å². The van der Waals surface area contributed by atoms with Gasteiger partial charge in [0.05, 0.1) is 17.1 Å². The average molecular weight is 360 g/mol. The van der Waals surface area contributed by atoms with Crippen molar-refractivity contribution in [1.82, 2.24) is 5.32 Å². The smallest absolute Gasteiger partial charge is 0.217 e. The predicted molar refractivity (Wildman–Crippen MR) is 103 cm³/mol. The third-order valence-corrected chi connectivity index (χ3v) is 7.14. The van der Waals surface area contributed by atoms with Crippen LogP contribution in [0.25, 0.3) is 0 Å². The number of fused-ring (bicyclic) bond motifs is 3. The molecule has 1 heterocycles. The first-order valence-corrected chi connectivity index (χ1v) is 9.73. The van der Waals surface area contributed by atoms with E-state index in [4.69, 9.17) is 4.74 Å². The summed E-state index contributed by atoms with van der Waals surface area (Å²) < 4.78 is 6.52. The van der Waals surface area contributed by atoms with Crippen molar-refractivity contribution in [3.05, 3.63) is 24.3 Å². The summed E-state index contributed by atoms with van der Waals surface area (Å²) in [7, 11) is 0. The van der Waals surface area contributed by atoms with E-state index in [2.05, 4.69) is 45.7 Å². The number of hydrogen-bond acceptors (Lipinski definition) is 3. The Morgan fingerprint density at radius 1 is 1.31 bits per heavy atom. The largest absolute Gasteiger partial charge is 0.363 e. The van der Waals surface area contributed by atoms with E-state index in [0.29, 0.717) is 12.8 Å². The van der Waals surface area contributed by atoms with Crippen LogP contribution in [0.3, 0.4) is 0 Å². The first-order chi connectivity index (χ1) is 11.9. The van der Waals surface area contributed by atoms with Crippen LogP contribution >= 0.6 is 0 Å². The van der Waals surface area contributed by atoms with Crippen LogP contribution in [0.4, 0.5) is 0 Å². The summed E-state index contributed by atoms with van der Waals surface area (Å²) in [6.45, 7) is 16.1. The molecule has 4 heteroatoms. The lowest BCUT2D eigenvalue weighted by Gasteiger charge is -2.62. The highest BCUT2D eigenvalue weighted by Gasteiger charge is 2.64. The zero-order chi connectivity index (χ0) is 19.5. The van der Waals surface area contributed by atoms with Crippen molar-refractivity contribution in [2.24, 2.45) is 16.7 Å². The molecule has 0 spiro atoms. The Morgan fingerprint density at radius 3 is 2.54 bits per heavy atom. The fourth-order valence-corrected chi connectivity index (χ4v) is 6.14. The van der Waals surface area contributed by atoms with Gasteiger partial charge in [0.15, 0.2) is 0 Å². The summed E-state index contributed by atoms with van der Waals surface area (Å²) >= 11 is 0. The minimum absolute atomic E-state index is 0.0184. The molecular weight excluding hydrogens is 326 g/mol. The van der Waals surface area contributed by atoms with Crippen molar-refractivity contribution in [3.8, 4) is 0 Å². The second kappa shape index (κ2) is 5.79. The molecule has 0 aromatic heterocycles. The van der Waals surface area contributed by atoms with E-state index in [9.17, 15) is 9.59 Å². The van der Waals surface area contributed by atoms with Gasteiger partial charge in [-0.05, 0) is 38.5 Å². The molecule has 26 heavy (non-hydrogen) atoms. The van der Waals surface area contributed by atoms with Gasteiger partial charge in [-0.25, -0.2) is 0 Å². The molecule has 144 valence electrons. The van der Waals surface area contributed by atoms with E-state index in [1.807, 2.05) is 6.92 Å². The Bertz CT molecular complexity index is 694. The molecule has 2 aliphatic carbocycles. The van der Waals surface area contributed by atoms with Crippen LogP contribution in [0.2, 0.25) is 0 Å². The molecule has 0 aromatic carbocycles. The monoisotopic (exact) mass is 359 g/mol. The highest BCUT2D eigenvalue weighted by atomic mass is 16.5. The van der Waals surface area contributed by atoms with Gasteiger partial charge in [-0.1, -0.05) is 38.5 Å². The topological polar surface area (TPSA) is 55.4 Å². The number of ketones is 1. The van der Waals surface area contributed by atoms with Gasteiger partial charge in [0, 0.05) is 24.8 Å². The molecule has 5 atom stereocenters. The van der Waals surface area contributed by atoms with Crippen molar-refractivity contribution in [1.29, 1.82) is 0 Å². The SMILES string of the molecule is C=C[C@@]1(C)CC(=O)[C@H]2[C@@](C)(CC=C3C(C)(C)CCC(NC(C)=O)[C@@]32C)O1. The lowest BCUT2D eigenvalue weighted by atomic mass is 9.46. The second-order valence-electron chi connectivity index (χ2n) is 9.79. The van der Waals surface area contributed by atoms with E-state index in [1.54, 1.807) is 13.0 Å². The second-order valence-corrected chi connectivity index (χ2v) is 9.79. The zero-order valence-corrected chi connectivity index (χ0v) is 17.1. The third kappa shape index (κ3) is 2.69. The van der Waals surface area contributed by atoms with Crippen LogP contribution in [-0.2, 0) is 14.3 Å². The molecule has 3 rings (SSSR count). The van der Waals surface area contributed by atoms with E-state index >= 15 is 0 Å². The fourth-order valence-electron chi connectivity index (χ4n) is 6.14. The zero-order valence-electron chi connectivity index (χ0n) is 17.1. The lowest BCUT2D eigenvalue weighted by Crippen LogP contribution is -2.68. The average Bonchev–Trinajstić information content (AvgIpc) is 2.48. The van der Waals surface area contributed by atoms with E-state index < -0.39 is 16.6 Å². The minimum atomic E-state index is -0.627. The molecule has 2 fully saturated rings.